The predicted molar refractivity (Wildman–Crippen MR) is 61.1 cm³/mol. The van der Waals surface area contributed by atoms with Crippen LogP contribution in [0.25, 0.3) is 0 Å². The molecule has 2 rings (SSSR count). The van der Waals surface area contributed by atoms with Crippen LogP contribution in [-0.4, -0.2) is 6.54 Å². The maximum atomic E-state index is 3.50. The van der Waals surface area contributed by atoms with E-state index in [0.29, 0.717) is 5.41 Å². The third-order valence-corrected chi connectivity index (χ3v) is 4.16. The van der Waals surface area contributed by atoms with Crippen molar-refractivity contribution in [2.75, 3.05) is 6.54 Å². The molecule has 0 unspecified atom stereocenters. The quantitative estimate of drug-likeness (QED) is 0.874. The summed E-state index contributed by atoms with van der Waals surface area (Å²) >= 11 is 5.22. The van der Waals surface area contributed by atoms with E-state index in [9.17, 15) is 0 Å². The molecule has 0 aliphatic heterocycles. The molecule has 0 spiro atoms. The summed E-state index contributed by atoms with van der Waals surface area (Å²) in [7, 11) is 0. The lowest BCUT2D eigenvalue weighted by atomic mass is 10.1. The molecule has 1 aromatic heterocycles. The molecular formula is C10H14BrNS. The topological polar surface area (TPSA) is 12.0 Å². The summed E-state index contributed by atoms with van der Waals surface area (Å²) in [5.74, 6) is 0. The van der Waals surface area contributed by atoms with Gasteiger partial charge in [0, 0.05) is 13.1 Å². The number of hydrogen-bond donors (Lipinski definition) is 1. The van der Waals surface area contributed by atoms with Gasteiger partial charge in [0.05, 0.1) is 3.79 Å². The second-order valence-corrected chi connectivity index (χ2v) is 6.46. The predicted octanol–water partition coefficient (Wildman–Crippen LogP) is 3.40. The maximum absolute atomic E-state index is 3.50. The first-order valence-corrected chi connectivity index (χ1v) is 6.29. The van der Waals surface area contributed by atoms with E-state index in [0.717, 1.165) is 6.54 Å². The summed E-state index contributed by atoms with van der Waals surface area (Å²) in [5, 5.41) is 5.70. The number of halogens is 1. The minimum absolute atomic E-state index is 0.618. The molecule has 1 nitrogen and oxygen atoms in total. The van der Waals surface area contributed by atoms with E-state index in [4.69, 9.17) is 0 Å². The van der Waals surface area contributed by atoms with E-state index in [2.05, 4.69) is 39.6 Å². The summed E-state index contributed by atoms with van der Waals surface area (Å²) in [5.41, 5.74) is 2.01. The SMILES string of the molecule is CC1(CNCc2csc(Br)c2)CC1. The summed E-state index contributed by atoms with van der Waals surface area (Å²) in [6.07, 6.45) is 2.79. The second kappa shape index (κ2) is 3.71. The van der Waals surface area contributed by atoms with Gasteiger partial charge in [0.25, 0.3) is 0 Å². The van der Waals surface area contributed by atoms with Gasteiger partial charge in [-0.05, 0) is 51.2 Å². The fourth-order valence-corrected chi connectivity index (χ4v) is 2.55. The average molecular weight is 260 g/mol. The van der Waals surface area contributed by atoms with Crippen molar-refractivity contribution in [3.8, 4) is 0 Å². The minimum atomic E-state index is 0.618. The Kier molecular flexibility index (Phi) is 2.77. The lowest BCUT2D eigenvalue weighted by molar-refractivity contribution is 0.500. The lowest BCUT2D eigenvalue weighted by Gasteiger charge is -2.08. The zero-order valence-electron chi connectivity index (χ0n) is 7.77. The zero-order chi connectivity index (χ0) is 9.31. The largest absolute Gasteiger partial charge is 0.312 e. The van der Waals surface area contributed by atoms with E-state index >= 15 is 0 Å². The molecule has 0 saturated heterocycles. The molecule has 1 saturated carbocycles. The highest BCUT2D eigenvalue weighted by atomic mass is 79.9. The Morgan fingerprint density at radius 3 is 2.92 bits per heavy atom. The summed E-state index contributed by atoms with van der Waals surface area (Å²) in [4.78, 5) is 0. The van der Waals surface area contributed by atoms with Crippen molar-refractivity contribution >= 4 is 27.3 Å². The molecule has 0 amide bonds. The number of rotatable bonds is 4. The third-order valence-electron chi connectivity index (χ3n) is 2.61. The summed E-state index contributed by atoms with van der Waals surface area (Å²) in [6, 6.07) is 2.19. The molecule has 0 atom stereocenters. The molecule has 0 radical (unpaired) electrons. The van der Waals surface area contributed by atoms with Gasteiger partial charge in [0.15, 0.2) is 0 Å². The molecule has 1 N–H and O–H groups in total. The molecule has 0 aromatic carbocycles. The Balaban J connectivity index is 1.73. The van der Waals surface area contributed by atoms with Crippen molar-refractivity contribution < 1.29 is 0 Å². The van der Waals surface area contributed by atoms with Gasteiger partial charge in [-0.3, -0.25) is 0 Å². The van der Waals surface area contributed by atoms with Gasteiger partial charge in [-0.25, -0.2) is 0 Å². The first kappa shape index (κ1) is 9.69. The molecule has 0 bridgehead atoms. The second-order valence-electron chi connectivity index (χ2n) is 4.17. The molecule has 1 aliphatic carbocycles. The lowest BCUT2D eigenvalue weighted by Crippen LogP contribution is -2.21. The van der Waals surface area contributed by atoms with E-state index in [-0.39, 0.29) is 0 Å². The van der Waals surface area contributed by atoms with Crippen molar-refractivity contribution in [3.05, 3.63) is 20.8 Å². The van der Waals surface area contributed by atoms with Crippen LogP contribution in [0.15, 0.2) is 15.2 Å². The highest BCUT2D eigenvalue weighted by Gasteiger charge is 2.36. The number of hydrogen-bond acceptors (Lipinski definition) is 2. The van der Waals surface area contributed by atoms with Crippen molar-refractivity contribution in [1.82, 2.24) is 5.32 Å². The van der Waals surface area contributed by atoms with E-state index < -0.39 is 0 Å². The minimum Gasteiger partial charge on any atom is -0.312 e. The molecule has 1 aromatic rings. The van der Waals surface area contributed by atoms with Crippen LogP contribution in [0.3, 0.4) is 0 Å². The smallest absolute Gasteiger partial charge is 0.0701 e. The van der Waals surface area contributed by atoms with Crippen LogP contribution >= 0.6 is 27.3 Å². The monoisotopic (exact) mass is 259 g/mol. The van der Waals surface area contributed by atoms with Crippen molar-refractivity contribution in [1.29, 1.82) is 0 Å². The molecular weight excluding hydrogens is 246 g/mol. The molecule has 3 heteroatoms. The van der Waals surface area contributed by atoms with E-state index in [1.165, 1.54) is 28.7 Å². The molecule has 1 fully saturated rings. The van der Waals surface area contributed by atoms with Crippen LogP contribution in [0.2, 0.25) is 0 Å². The number of thiophene rings is 1. The van der Waals surface area contributed by atoms with Gasteiger partial charge in [0.2, 0.25) is 0 Å². The Morgan fingerprint density at radius 2 is 2.38 bits per heavy atom. The Labute approximate surface area is 91.7 Å². The zero-order valence-corrected chi connectivity index (χ0v) is 10.2. The Morgan fingerprint density at radius 1 is 1.62 bits per heavy atom. The molecule has 13 heavy (non-hydrogen) atoms. The number of nitrogens with one attached hydrogen (secondary N) is 1. The summed E-state index contributed by atoms with van der Waals surface area (Å²) < 4.78 is 1.22. The van der Waals surface area contributed by atoms with Gasteiger partial charge in [-0.2, -0.15) is 0 Å². The Hall–Kier alpha value is 0.140. The first-order valence-electron chi connectivity index (χ1n) is 4.62. The van der Waals surface area contributed by atoms with Gasteiger partial charge in [-0.1, -0.05) is 6.92 Å². The van der Waals surface area contributed by atoms with Crippen LogP contribution in [0.1, 0.15) is 25.3 Å². The fraction of sp³-hybridized carbons (Fsp3) is 0.600. The van der Waals surface area contributed by atoms with Gasteiger partial charge in [-0.15, -0.1) is 11.3 Å². The van der Waals surface area contributed by atoms with Gasteiger partial charge >= 0.3 is 0 Å². The van der Waals surface area contributed by atoms with E-state index in [1.54, 1.807) is 11.3 Å². The average Bonchev–Trinajstić information content (AvgIpc) is 2.65. The van der Waals surface area contributed by atoms with Crippen molar-refractivity contribution in [2.24, 2.45) is 5.41 Å². The molecule has 1 heterocycles. The fourth-order valence-electron chi connectivity index (χ4n) is 1.34. The van der Waals surface area contributed by atoms with Crippen LogP contribution in [0, 0.1) is 5.41 Å². The normalized spacial score (nSPS) is 18.9. The maximum Gasteiger partial charge on any atom is 0.0701 e. The van der Waals surface area contributed by atoms with Gasteiger partial charge < -0.3 is 5.32 Å². The molecule has 72 valence electrons. The van der Waals surface area contributed by atoms with Crippen LogP contribution < -0.4 is 5.32 Å². The van der Waals surface area contributed by atoms with Crippen LogP contribution in [0.5, 0.6) is 0 Å². The first-order chi connectivity index (χ1) is 6.18. The highest BCUT2D eigenvalue weighted by Crippen LogP contribution is 2.44. The summed E-state index contributed by atoms with van der Waals surface area (Å²) in [6.45, 7) is 4.53. The van der Waals surface area contributed by atoms with Crippen LogP contribution in [-0.2, 0) is 6.54 Å². The third kappa shape index (κ3) is 2.79. The molecule has 1 aliphatic rings. The van der Waals surface area contributed by atoms with Crippen LogP contribution in [0.4, 0.5) is 0 Å². The Bertz CT molecular complexity index is 291. The van der Waals surface area contributed by atoms with Crippen molar-refractivity contribution in [2.45, 2.75) is 26.3 Å². The van der Waals surface area contributed by atoms with Crippen molar-refractivity contribution in [3.63, 3.8) is 0 Å². The standard InChI is InChI=1S/C10H14BrNS/c1-10(2-3-10)7-12-5-8-4-9(11)13-6-8/h4,6,12H,2-3,5,7H2,1H3. The van der Waals surface area contributed by atoms with Gasteiger partial charge in [0.1, 0.15) is 0 Å². The highest BCUT2D eigenvalue weighted by molar-refractivity contribution is 9.11. The van der Waals surface area contributed by atoms with E-state index in [1.807, 2.05) is 0 Å².